The maximum atomic E-state index is 10.0. The van der Waals surface area contributed by atoms with Crippen molar-refractivity contribution in [3.63, 3.8) is 0 Å². The molecule has 4 heterocycles. The van der Waals surface area contributed by atoms with Gasteiger partial charge in [0.1, 0.15) is 0 Å². The Labute approximate surface area is 198 Å². The number of hydrogen-bond acceptors (Lipinski definition) is 6. The fourth-order valence-electron chi connectivity index (χ4n) is 3.55. The van der Waals surface area contributed by atoms with Crippen molar-refractivity contribution in [3.8, 4) is 11.3 Å². The van der Waals surface area contributed by atoms with Crippen LogP contribution in [0.1, 0.15) is 25.0 Å². The van der Waals surface area contributed by atoms with Crippen LogP contribution in [0, 0.1) is 19.9 Å². The van der Waals surface area contributed by atoms with Gasteiger partial charge in [-0.15, -0.1) is 23.9 Å². The van der Waals surface area contributed by atoms with Crippen LogP contribution in [-0.2, 0) is 24.9 Å². The Kier molecular flexibility index (Phi) is 6.89. The first-order valence-electron chi connectivity index (χ1n) is 9.48. The summed E-state index contributed by atoms with van der Waals surface area (Å²) in [5, 5.41) is 12.7. The Morgan fingerprint density at radius 3 is 2.55 bits per heavy atom. The minimum atomic E-state index is -0.125. The van der Waals surface area contributed by atoms with Crippen LogP contribution in [0.5, 0.6) is 0 Å². The van der Waals surface area contributed by atoms with Gasteiger partial charge in [-0.25, -0.2) is 0 Å². The SMILES string of the molecule is CC(=O)/C=C(/C)O.Cc1ccc2c3c(ncc(C)c13)-c1[c-]c3cccnc3nc1S2.[Ir]. The summed E-state index contributed by atoms with van der Waals surface area (Å²) in [6.07, 6.45) is 4.89. The number of ketones is 1. The van der Waals surface area contributed by atoms with Gasteiger partial charge in [0, 0.05) is 54.2 Å². The Morgan fingerprint density at radius 2 is 1.87 bits per heavy atom. The molecule has 1 aliphatic rings. The van der Waals surface area contributed by atoms with Gasteiger partial charge in [-0.1, -0.05) is 23.1 Å². The number of aliphatic hydroxyl groups excluding tert-OH is 1. The van der Waals surface area contributed by atoms with Crippen molar-refractivity contribution in [1.82, 2.24) is 15.0 Å². The molecule has 5 rings (SSSR count). The van der Waals surface area contributed by atoms with Crippen LogP contribution < -0.4 is 0 Å². The summed E-state index contributed by atoms with van der Waals surface area (Å²) < 4.78 is 0. The van der Waals surface area contributed by atoms with Gasteiger partial charge in [0.05, 0.1) is 11.4 Å². The standard InChI is InChI=1S/C19H12N3S.C5H8O2.Ir/c1-10-5-6-14-16-15(10)11(2)9-21-17(16)13-8-12-4-3-7-20-18(12)22-19(13)23-14;1-4(6)3-5(2)7;/h3-7,9H,1-2H3;3,6H,1-2H3;/q-1;;/b;4-3-;. The van der Waals surface area contributed by atoms with E-state index < -0.39 is 0 Å². The quantitative estimate of drug-likeness (QED) is 0.149. The van der Waals surface area contributed by atoms with Gasteiger partial charge in [0.25, 0.3) is 0 Å². The molecule has 31 heavy (non-hydrogen) atoms. The molecule has 0 aliphatic carbocycles. The summed E-state index contributed by atoms with van der Waals surface area (Å²) in [4.78, 5) is 25.0. The summed E-state index contributed by atoms with van der Waals surface area (Å²) in [5.41, 5.74) is 5.19. The van der Waals surface area contributed by atoms with Crippen molar-refractivity contribution in [1.29, 1.82) is 0 Å². The van der Waals surface area contributed by atoms with E-state index in [1.807, 2.05) is 18.3 Å². The Morgan fingerprint density at radius 1 is 1.10 bits per heavy atom. The second-order valence-corrected chi connectivity index (χ2v) is 8.24. The van der Waals surface area contributed by atoms with Crippen molar-refractivity contribution >= 4 is 39.4 Å². The van der Waals surface area contributed by atoms with Gasteiger partial charge < -0.3 is 5.11 Å². The van der Waals surface area contributed by atoms with Gasteiger partial charge in [-0.2, -0.15) is 0 Å². The van der Waals surface area contributed by atoms with Gasteiger partial charge in [-0.05, 0) is 55.7 Å². The molecule has 0 bridgehead atoms. The summed E-state index contributed by atoms with van der Waals surface area (Å²) in [7, 11) is 0. The normalized spacial score (nSPS) is 11.9. The zero-order chi connectivity index (χ0) is 21.4. The Balaban J connectivity index is 0.000000299. The number of nitrogens with zero attached hydrogens (tertiary/aromatic N) is 3. The maximum absolute atomic E-state index is 10.0. The number of rotatable bonds is 1. The molecule has 5 nitrogen and oxygen atoms in total. The molecule has 159 valence electrons. The molecule has 0 saturated carbocycles. The van der Waals surface area contributed by atoms with E-state index in [1.54, 1.807) is 18.0 Å². The first-order valence-corrected chi connectivity index (χ1v) is 10.3. The van der Waals surface area contributed by atoms with Crippen LogP contribution in [0.2, 0.25) is 0 Å². The number of aryl methyl sites for hydroxylation is 2. The van der Waals surface area contributed by atoms with Crippen molar-refractivity contribution in [2.45, 2.75) is 37.6 Å². The molecular weight excluding hydrogens is 587 g/mol. The number of fused-ring (bicyclic) bond motifs is 3. The molecule has 0 spiro atoms. The number of allylic oxidation sites excluding steroid dienone is 2. The summed E-state index contributed by atoms with van der Waals surface area (Å²) in [5.74, 6) is -0.0625. The zero-order valence-corrected chi connectivity index (χ0v) is 20.7. The molecule has 0 fully saturated rings. The van der Waals surface area contributed by atoms with E-state index >= 15 is 0 Å². The largest absolute Gasteiger partial charge is 0.512 e. The van der Waals surface area contributed by atoms with Crippen molar-refractivity contribution < 1.29 is 30.0 Å². The number of benzene rings is 1. The smallest absolute Gasteiger partial charge is 0.155 e. The number of aliphatic hydroxyl groups is 1. The predicted octanol–water partition coefficient (Wildman–Crippen LogP) is 5.76. The van der Waals surface area contributed by atoms with Crippen molar-refractivity contribution in [3.05, 3.63) is 65.7 Å². The zero-order valence-electron chi connectivity index (χ0n) is 17.5. The summed E-state index contributed by atoms with van der Waals surface area (Å²) >= 11 is 1.68. The third-order valence-electron chi connectivity index (χ3n) is 4.72. The van der Waals surface area contributed by atoms with E-state index in [0.717, 1.165) is 27.3 Å². The van der Waals surface area contributed by atoms with Crippen LogP contribution in [0.4, 0.5) is 0 Å². The van der Waals surface area contributed by atoms with E-state index in [2.05, 4.69) is 37.0 Å². The number of carbonyl (C=O) groups excluding carboxylic acids is 1. The summed E-state index contributed by atoms with van der Waals surface area (Å²) in [6, 6.07) is 11.7. The molecule has 1 aromatic carbocycles. The number of hydrogen-bond donors (Lipinski definition) is 1. The molecule has 4 aromatic rings. The van der Waals surface area contributed by atoms with Crippen LogP contribution >= 0.6 is 11.8 Å². The fourth-order valence-corrected chi connectivity index (χ4v) is 4.58. The van der Waals surface area contributed by atoms with E-state index in [4.69, 9.17) is 15.1 Å². The number of aromatic nitrogens is 3. The molecule has 3 aromatic heterocycles. The molecule has 0 atom stereocenters. The maximum Gasteiger partial charge on any atom is 0.155 e. The van der Waals surface area contributed by atoms with Crippen LogP contribution in [-0.4, -0.2) is 25.8 Å². The third kappa shape index (κ3) is 4.54. The van der Waals surface area contributed by atoms with Crippen LogP contribution in [0.25, 0.3) is 33.1 Å². The van der Waals surface area contributed by atoms with Crippen molar-refractivity contribution in [2.24, 2.45) is 0 Å². The molecule has 0 amide bonds. The first kappa shape index (κ1) is 23.1. The van der Waals surface area contributed by atoms with Gasteiger partial charge >= 0.3 is 0 Å². The molecule has 1 aliphatic heterocycles. The molecular formula is C24H20IrN3O2S-. The predicted molar refractivity (Wildman–Crippen MR) is 120 cm³/mol. The monoisotopic (exact) mass is 607 g/mol. The van der Waals surface area contributed by atoms with Crippen LogP contribution in [0.15, 0.2) is 58.4 Å². The van der Waals surface area contributed by atoms with Gasteiger partial charge in [-0.3, -0.25) is 19.7 Å². The topological polar surface area (TPSA) is 76.0 Å². The average molecular weight is 607 g/mol. The Hall–Kier alpha value is -2.60. The minimum absolute atomic E-state index is 0. The fraction of sp³-hybridized carbons (Fsp3) is 0.167. The number of pyridine rings is 3. The van der Waals surface area contributed by atoms with E-state index in [-0.39, 0.29) is 31.6 Å². The van der Waals surface area contributed by atoms with E-state index in [1.165, 1.54) is 46.7 Å². The van der Waals surface area contributed by atoms with E-state index in [0.29, 0.717) is 0 Å². The second kappa shape index (κ2) is 9.26. The summed E-state index contributed by atoms with van der Waals surface area (Å²) in [6.45, 7) is 7.12. The molecule has 0 saturated heterocycles. The molecule has 1 radical (unpaired) electrons. The van der Waals surface area contributed by atoms with Gasteiger partial charge in [0.2, 0.25) is 0 Å². The Bertz CT molecular complexity index is 1340. The molecule has 1 N–H and O–H groups in total. The minimum Gasteiger partial charge on any atom is -0.512 e. The second-order valence-electron chi connectivity index (χ2n) is 7.21. The third-order valence-corrected chi connectivity index (χ3v) is 5.77. The van der Waals surface area contributed by atoms with Crippen LogP contribution in [0.3, 0.4) is 0 Å². The van der Waals surface area contributed by atoms with Crippen molar-refractivity contribution in [2.75, 3.05) is 0 Å². The number of carbonyl (C=O) groups is 1. The first-order chi connectivity index (χ1) is 14.3. The molecule has 0 unspecified atom stereocenters. The molecule has 7 heteroatoms. The average Bonchev–Trinajstić information content (AvgIpc) is 2.69. The van der Waals surface area contributed by atoms with Gasteiger partial charge in [0.15, 0.2) is 5.78 Å². The van der Waals surface area contributed by atoms with E-state index in [9.17, 15) is 4.79 Å².